The third kappa shape index (κ3) is 2.80. The van der Waals surface area contributed by atoms with Gasteiger partial charge in [0.1, 0.15) is 5.82 Å². The number of rotatable bonds is 3. The number of alkyl halides is 1. The Labute approximate surface area is 142 Å². The van der Waals surface area contributed by atoms with Crippen LogP contribution in [0.25, 0.3) is 11.0 Å². The number of thiophene rings is 1. The average Bonchev–Trinajstić information content (AvgIpc) is 3.01. The lowest BCUT2D eigenvalue weighted by atomic mass is 10.2. The van der Waals surface area contributed by atoms with Crippen molar-refractivity contribution in [2.24, 2.45) is 0 Å². The van der Waals surface area contributed by atoms with Crippen molar-refractivity contribution < 1.29 is 0 Å². The van der Waals surface area contributed by atoms with Gasteiger partial charge in [0.2, 0.25) is 0 Å². The molecule has 0 N–H and O–H groups in total. The number of hydrogen-bond acceptors (Lipinski definition) is 2. The minimum absolute atomic E-state index is 0.116. The molecule has 0 saturated heterocycles. The Balaban J connectivity index is 2.21. The molecule has 0 bridgehead atoms. The first-order valence-corrected chi connectivity index (χ1v) is 8.55. The third-order valence-electron chi connectivity index (χ3n) is 3.43. The fraction of sp³-hybridized carbons (Fsp3) is 0.267. The number of fused-ring (bicyclic) bond motifs is 1. The number of nitrogens with zero attached hydrogens (tertiary/aromatic N) is 2. The molecular formula is C15H13Cl3N2S. The summed E-state index contributed by atoms with van der Waals surface area (Å²) in [5.41, 5.74) is 1.89. The fourth-order valence-corrected chi connectivity index (χ4v) is 3.88. The Hall–Kier alpha value is -0.740. The van der Waals surface area contributed by atoms with Crippen LogP contribution >= 0.6 is 46.1 Å². The van der Waals surface area contributed by atoms with Gasteiger partial charge in [-0.3, -0.25) is 0 Å². The lowest BCUT2D eigenvalue weighted by molar-refractivity contribution is 0.628. The molecule has 2 heterocycles. The van der Waals surface area contributed by atoms with E-state index in [-0.39, 0.29) is 11.4 Å². The molecular weight excluding hydrogens is 347 g/mol. The van der Waals surface area contributed by atoms with Crippen molar-refractivity contribution in [3.63, 3.8) is 0 Å². The van der Waals surface area contributed by atoms with Gasteiger partial charge in [-0.05, 0) is 44.2 Å². The van der Waals surface area contributed by atoms with Gasteiger partial charge in [0, 0.05) is 9.90 Å². The molecule has 0 saturated carbocycles. The minimum Gasteiger partial charge on any atom is -0.319 e. The fourth-order valence-electron chi connectivity index (χ4n) is 2.46. The highest BCUT2D eigenvalue weighted by Gasteiger charge is 2.21. The van der Waals surface area contributed by atoms with Crippen LogP contribution in [0.1, 0.15) is 36.0 Å². The Morgan fingerprint density at radius 3 is 2.52 bits per heavy atom. The molecule has 0 aliphatic carbocycles. The molecule has 0 aliphatic rings. The molecule has 21 heavy (non-hydrogen) atoms. The van der Waals surface area contributed by atoms with Crippen LogP contribution in [-0.2, 0) is 0 Å². The van der Waals surface area contributed by atoms with Crippen LogP contribution < -0.4 is 0 Å². The van der Waals surface area contributed by atoms with Crippen LogP contribution in [0.4, 0.5) is 0 Å². The van der Waals surface area contributed by atoms with E-state index in [0.717, 1.165) is 21.2 Å². The summed E-state index contributed by atoms with van der Waals surface area (Å²) in [7, 11) is 0. The van der Waals surface area contributed by atoms with E-state index in [2.05, 4.69) is 16.5 Å². The smallest absolute Gasteiger partial charge is 0.128 e. The van der Waals surface area contributed by atoms with Gasteiger partial charge in [-0.2, -0.15) is 0 Å². The summed E-state index contributed by atoms with van der Waals surface area (Å²) in [5, 5.41) is 0.488. The van der Waals surface area contributed by atoms with Crippen LogP contribution in [0.5, 0.6) is 0 Å². The second-order valence-electron chi connectivity index (χ2n) is 4.91. The number of imidazole rings is 1. The van der Waals surface area contributed by atoms with Gasteiger partial charge in [0.05, 0.1) is 26.8 Å². The van der Waals surface area contributed by atoms with Gasteiger partial charge >= 0.3 is 0 Å². The summed E-state index contributed by atoms with van der Waals surface area (Å²) < 4.78 is 2.94. The van der Waals surface area contributed by atoms with Gasteiger partial charge in [0.25, 0.3) is 0 Å². The van der Waals surface area contributed by atoms with E-state index in [9.17, 15) is 0 Å². The van der Waals surface area contributed by atoms with Gasteiger partial charge in [-0.15, -0.1) is 22.9 Å². The Morgan fingerprint density at radius 2 is 1.90 bits per heavy atom. The molecule has 2 atom stereocenters. The molecule has 0 amide bonds. The molecule has 2 unspecified atom stereocenters. The van der Waals surface area contributed by atoms with Crippen LogP contribution in [0.2, 0.25) is 9.36 Å². The molecule has 3 aromatic rings. The van der Waals surface area contributed by atoms with Crippen molar-refractivity contribution >= 4 is 57.2 Å². The molecule has 0 fully saturated rings. The van der Waals surface area contributed by atoms with E-state index in [1.165, 1.54) is 4.88 Å². The molecule has 6 heteroatoms. The van der Waals surface area contributed by atoms with E-state index in [4.69, 9.17) is 34.8 Å². The zero-order valence-corrected chi connectivity index (χ0v) is 14.6. The molecule has 0 spiro atoms. The second kappa shape index (κ2) is 5.81. The van der Waals surface area contributed by atoms with Gasteiger partial charge in [0.15, 0.2) is 0 Å². The first-order chi connectivity index (χ1) is 9.97. The largest absolute Gasteiger partial charge is 0.319 e. The van der Waals surface area contributed by atoms with Crippen molar-refractivity contribution in [1.29, 1.82) is 0 Å². The monoisotopic (exact) mass is 358 g/mol. The minimum atomic E-state index is -0.186. The molecule has 3 rings (SSSR count). The topological polar surface area (TPSA) is 17.8 Å². The highest BCUT2D eigenvalue weighted by atomic mass is 35.5. The maximum absolute atomic E-state index is 6.32. The molecule has 2 aromatic heterocycles. The SMILES string of the molecule is CC(Cl)c1nc2cc(Cl)ccc2n1C(C)c1ccc(Cl)s1. The molecule has 110 valence electrons. The quantitative estimate of drug-likeness (QED) is 0.501. The zero-order valence-electron chi connectivity index (χ0n) is 11.5. The maximum Gasteiger partial charge on any atom is 0.128 e. The number of aromatic nitrogens is 2. The van der Waals surface area contributed by atoms with Crippen molar-refractivity contribution in [3.8, 4) is 0 Å². The summed E-state index contributed by atoms with van der Waals surface area (Å²) in [6.07, 6.45) is 0. The molecule has 0 aliphatic heterocycles. The standard InChI is InChI=1S/C15H13Cl3N2S/c1-8(16)15-19-11-7-10(17)3-4-12(11)20(15)9(2)13-5-6-14(18)21-13/h3-9H,1-2H3. The summed E-state index contributed by atoms with van der Waals surface area (Å²) in [4.78, 5) is 5.82. The summed E-state index contributed by atoms with van der Waals surface area (Å²) in [6, 6.07) is 9.80. The number of hydrogen-bond donors (Lipinski definition) is 0. The van der Waals surface area contributed by atoms with E-state index in [0.29, 0.717) is 5.02 Å². The van der Waals surface area contributed by atoms with Crippen molar-refractivity contribution in [2.75, 3.05) is 0 Å². The van der Waals surface area contributed by atoms with E-state index in [1.807, 2.05) is 37.3 Å². The van der Waals surface area contributed by atoms with E-state index < -0.39 is 0 Å². The van der Waals surface area contributed by atoms with Crippen LogP contribution in [-0.4, -0.2) is 9.55 Å². The van der Waals surface area contributed by atoms with Crippen LogP contribution in [0.15, 0.2) is 30.3 Å². The van der Waals surface area contributed by atoms with E-state index in [1.54, 1.807) is 11.3 Å². The highest BCUT2D eigenvalue weighted by Crippen LogP contribution is 2.35. The summed E-state index contributed by atoms with van der Waals surface area (Å²) in [6.45, 7) is 4.05. The number of benzene rings is 1. The summed E-state index contributed by atoms with van der Waals surface area (Å²) in [5.74, 6) is 0.839. The first kappa shape index (κ1) is 15.2. The van der Waals surface area contributed by atoms with Gasteiger partial charge < -0.3 is 4.57 Å². The Morgan fingerprint density at radius 1 is 1.14 bits per heavy atom. The third-order valence-corrected chi connectivity index (χ3v) is 5.26. The first-order valence-electron chi connectivity index (χ1n) is 6.54. The average molecular weight is 360 g/mol. The van der Waals surface area contributed by atoms with Crippen molar-refractivity contribution in [2.45, 2.75) is 25.3 Å². The predicted molar refractivity (Wildman–Crippen MR) is 92.2 cm³/mol. The van der Waals surface area contributed by atoms with Crippen molar-refractivity contribution in [3.05, 3.63) is 50.4 Å². The van der Waals surface area contributed by atoms with Crippen molar-refractivity contribution in [1.82, 2.24) is 9.55 Å². The van der Waals surface area contributed by atoms with Crippen LogP contribution in [0, 0.1) is 0 Å². The normalized spacial score (nSPS) is 14.5. The number of halogens is 3. The Bertz CT molecular complexity index is 791. The lowest BCUT2D eigenvalue weighted by Gasteiger charge is -2.17. The Kier molecular flexibility index (Phi) is 4.19. The predicted octanol–water partition coefficient (Wildman–Crippen LogP) is 6.31. The summed E-state index contributed by atoms with van der Waals surface area (Å²) >= 11 is 20.0. The zero-order chi connectivity index (χ0) is 15.1. The van der Waals surface area contributed by atoms with Crippen LogP contribution in [0.3, 0.4) is 0 Å². The molecule has 2 nitrogen and oxygen atoms in total. The second-order valence-corrected chi connectivity index (χ2v) is 7.74. The maximum atomic E-state index is 6.32. The van der Waals surface area contributed by atoms with Gasteiger partial charge in [-0.1, -0.05) is 23.2 Å². The highest BCUT2D eigenvalue weighted by molar-refractivity contribution is 7.16. The van der Waals surface area contributed by atoms with E-state index >= 15 is 0 Å². The lowest BCUT2D eigenvalue weighted by Crippen LogP contribution is -2.10. The molecule has 0 radical (unpaired) electrons. The molecule has 1 aromatic carbocycles. The van der Waals surface area contributed by atoms with Gasteiger partial charge in [-0.25, -0.2) is 4.98 Å².